The maximum atomic E-state index is 13.4. The summed E-state index contributed by atoms with van der Waals surface area (Å²) in [7, 11) is 0. The average Bonchev–Trinajstić information content (AvgIpc) is 2.36. The minimum absolute atomic E-state index is 0.121. The lowest BCUT2D eigenvalue weighted by Crippen LogP contribution is -1.94. The summed E-state index contributed by atoms with van der Waals surface area (Å²) >= 11 is 0. The van der Waals surface area contributed by atoms with Crippen LogP contribution < -0.4 is 10.5 Å². The number of nitrogen functional groups attached to an aromatic ring is 1. The molecule has 0 aliphatic rings. The molecular weight excluding hydrogens is 238 g/mol. The third kappa shape index (κ3) is 2.38. The Morgan fingerprint density at radius 3 is 2.56 bits per heavy atom. The molecule has 90 valence electrons. The first-order valence-electron chi connectivity index (χ1n) is 5.02. The summed E-state index contributed by atoms with van der Waals surface area (Å²) in [5.74, 6) is -1.50. The predicted octanol–water partition coefficient (Wildman–Crippen LogP) is 3.21. The second-order valence-corrected chi connectivity index (χ2v) is 3.54. The highest BCUT2D eigenvalue weighted by atomic mass is 19.1. The van der Waals surface area contributed by atoms with Crippen LogP contribution in [-0.4, -0.2) is 0 Å². The van der Waals surface area contributed by atoms with Crippen molar-refractivity contribution in [2.24, 2.45) is 0 Å². The van der Waals surface area contributed by atoms with Gasteiger partial charge in [-0.25, -0.2) is 8.78 Å². The zero-order valence-corrected chi connectivity index (χ0v) is 9.15. The minimum Gasteiger partial charge on any atom is -0.453 e. The van der Waals surface area contributed by atoms with Gasteiger partial charge in [-0.3, -0.25) is 0 Å². The number of nitrogens with two attached hydrogens (primary N) is 1. The van der Waals surface area contributed by atoms with E-state index in [1.54, 1.807) is 0 Å². The Bertz CT molecular complexity index is 635. The molecule has 0 saturated carbocycles. The van der Waals surface area contributed by atoms with Crippen molar-refractivity contribution in [1.82, 2.24) is 0 Å². The van der Waals surface area contributed by atoms with E-state index in [9.17, 15) is 8.78 Å². The van der Waals surface area contributed by atoms with Crippen molar-refractivity contribution in [3.8, 4) is 17.6 Å². The van der Waals surface area contributed by atoms with E-state index < -0.39 is 11.6 Å². The van der Waals surface area contributed by atoms with Crippen molar-refractivity contribution >= 4 is 5.69 Å². The molecule has 0 aromatic heterocycles. The summed E-state index contributed by atoms with van der Waals surface area (Å²) in [5, 5.41) is 8.89. The van der Waals surface area contributed by atoms with Crippen LogP contribution >= 0.6 is 0 Å². The summed E-state index contributed by atoms with van der Waals surface area (Å²) < 4.78 is 31.5. The lowest BCUT2D eigenvalue weighted by molar-refractivity contribution is 0.435. The van der Waals surface area contributed by atoms with Crippen LogP contribution in [0.3, 0.4) is 0 Å². The van der Waals surface area contributed by atoms with Gasteiger partial charge in [-0.15, -0.1) is 0 Å². The molecule has 0 aliphatic carbocycles. The standard InChI is InChI=1S/C13H8F2N2O/c14-9-1-3-11(15)13(6-9)18-12-4-2-10(17)5-8(12)7-16/h1-6H,17H2. The lowest BCUT2D eigenvalue weighted by atomic mass is 10.2. The smallest absolute Gasteiger partial charge is 0.166 e. The van der Waals surface area contributed by atoms with Gasteiger partial charge in [0.1, 0.15) is 17.6 Å². The van der Waals surface area contributed by atoms with Gasteiger partial charge < -0.3 is 10.5 Å². The van der Waals surface area contributed by atoms with Crippen molar-refractivity contribution in [2.45, 2.75) is 0 Å². The van der Waals surface area contributed by atoms with Crippen molar-refractivity contribution in [3.63, 3.8) is 0 Å². The monoisotopic (exact) mass is 246 g/mol. The van der Waals surface area contributed by atoms with E-state index in [1.165, 1.54) is 18.2 Å². The van der Waals surface area contributed by atoms with E-state index in [1.807, 2.05) is 6.07 Å². The molecule has 0 amide bonds. The second-order valence-electron chi connectivity index (χ2n) is 3.54. The number of nitriles is 1. The Balaban J connectivity index is 2.40. The molecule has 2 aromatic rings. The molecule has 0 spiro atoms. The highest BCUT2D eigenvalue weighted by Gasteiger charge is 2.10. The molecular formula is C13H8F2N2O. The Hall–Kier alpha value is -2.61. The van der Waals surface area contributed by atoms with Crippen molar-refractivity contribution in [1.29, 1.82) is 5.26 Å². The molecule has 0 aliphatic heterocycles. The first kappa shape index (κ1) is 11.9. The molecule has 0 atom stereocenters. The first-order chi connectivity index (χ1) is 8.60. The number of rotatable bonds is 2. The highest BCUT2D eigenvalue weighted by molar-refractivity contribution is 5.54. The van der Waals surface area contributed by atoms with Crippen LogP contribution in [-0.2, 0) is 0 Å². The van der Waals surface area contributed by atoms with Crippen LogP contribution in [0.4, 0.5) is 14.5 Å². The van der Waals surface area contributed by atoms with Gasteiger partial charge in [0.05, 0.1) is 5.56 Å². The Morgan fingerprint density at radius 2 is 1.83 bits per heavy atom. The maximum Gasteiger partial charge on any atom is 0.166 e. The summed E-state index contributed by atoms with van der Waals surface area (Å²) in [6.07, 6.45) is 0. The van der Waals surface area contributed by atoms with Crippen LogP contribution in [0.15, 0.2) is 36.4 Å². The first-order valence-corrected chi connectivity index (χ1v) is 5.02. The fourth-order valence-electron chi connectivity index (χ4n) is 1.40. The molecule has 3 nitrogen and oxygen atoms in total. The van der Waals surface area contributed by atoms with E-state index in [0.717, 1.165) is 18.2 Å². The van der Waals surface area contributed by atoms with Crippen LogP contribution in [0, 0.1) is 23.0 Å². The van der Waals surface area contributed by atoms with Gasteiger partial charge in [-0.1, -0.05) is 0 Å². The van der Waals surface area contributed by atoms with Gasteiger partial charge in [0, 0.05) is 11.8 Å². The third-order valence-corrected chi connectivity index (χ3v) is 2.24. The topological polar surface area (TPSA) is 59.0 Å². The van der Waals surface area contributed by atoms with E-state index in [-0.39, 0.29) is 17.1 Å². The molecule has 2 N–H and O–H groups in total. The molecule has 18 heavy (non-hydrogen) atoms. The van der Waals surface area contributed by atoms with Crippen LogP contribution in [0.1, 0.15) is 5.56 Å². The van der Waals surface area contributed by atoms with Gasteiger partial charge in [0.25, 0.3) is 0 Å². The number of anilines is 1. The van der Waals surface area contributed by atoms with E-state index >= 15 is 0 Å². The van der Waals surface area contributed by atoms with E-state index in [4.69, 9.17) is 15.7 Å². The van der Waals surface area contributed by atoms with E-state index in [2.05, 4.69) is 0 Å². The zero-order valence-electron chi connectivity index (χ0n) is 9.15. The number of benzene rings is 2. The van der Waals surface area contributed by atoms with Crippen molar-refractivity contribution in [2.75, 3.05) is 5.73 Å². The second kappa shape index (κ2) is 4.72. The summed E-state index contributed by atoms with van der Waals surface area (Å²) in [6.45, 7) is 0. The molecule has 0 fully saturated rings. The van der Waals surface area contributed by atoms with Gasteiger partial charge in [0.15, 0.2) is 11.6 Å². The Labute approximate surface area is 102 Å². The Morgan fingerprint density at radius 1 is 1.06 bits per heavy atom. The highest BCUT2D eigenvalue weighted by Crippen LogP contribution is 2.28. The number of hydrogen-bond acceptors (Lipinski definition) is 3. The number of halogens is 2. The fourth-order valence-corrected chi connectivity index (χ4v) is 1.40. The quantitative estimate of drug-likeness (QED) is 0.827. The summed E-state index contributed by atoms with van der Waals surface area (Å²) in [6, 6.07) is 9.05. The molecule has 0 unspecified atom stereocenters. The molecule has 0 saturated heterocycles. The van der Waals surface area contributed by atoms with Crippen LogP contribution in [0.2, 0.25) is 0 Å². The van der Waals surface area contributed by atoms with Gasteiger partial charge in [-0.2, -0.15) is 5.26 Å². The molecule has 2 aromatic carbocycles. The number of hydrogen-bond donors (Lipinski definition) is 1. The number of ether oxygens (including phenoxy) is 1. The minimum atomic E-state index is -0.711. The van der Waals surface area contributed by atoms with Crippen LogP contribution in [0.5, 0.6) is 11.5 Å². The molecule has 2 rings (SSSR count). The predicted molar refractivity (Wildman–Crippen MR) is 62.0 cm³/mol. The molecule has 0 bridgehead atoms. The lowest BCUT2D eigenvalue weighted by Gasteiger charge is -2.08. The fraction of sp³-hybridized carbons (Fsp3) is 0. The Kier molecular flexibility index (Phi) is 3.11. The maximum absolute atomic E-state index is 13.4. The largest absolute Gasteiger partial charge is 0.453 e. The zero-order chi connectivity index (χ0) is 13.1. The normalized spacial score (nSPS) is 9.83. The molecule has 0 radical (unpaired) electrons. The molecule has 5 heteroatoms. The number of nitrogens with zero attached hydrogens (tertiary/aromatic N) is 1. The van der Waals surface area contributed by atoms with Gasteiger partial charge in [-0.05, 0) is 30.3 Å². The summed E-state index contributed by atoms with van der Waals surface area (Å²) in [5.41, 5.74) is 6.05. The van der Waals surface area contributed by atoms with Crippen LogP contribution in [0.25, 0.3) is 0 Å². The average molecular weight is 246 g/mol. The van der Waals surface area contributed by atoms with Gasteiger partial charge in [0.2, 0.25) is 0 Å². The third-order valence-electron chi connectivity index (χ3n) is 2.24. The van der Waals surface area contributed by atoms with Crippen molar-refractivity contribution < 1.29 is 13.5 Å². The van der Waals surface area contributed by atoms with E-state index in [0.29, 0.717) is 5.69 Å². The SMILES string of the molecule is N#Cc1cc(N)ccc1Oc1cc(F)ccc1F. The molecule has 0 heterocycles. The van der Waals surface area contributed by atoms with Gasteiger partial charge >= 0.3 is 0 Å². The van der Waals surface area contributed by atoms with Crippen molar-refractivity contribution in [3.05, 3.63) is 53.6 Å². The summed E-state index contributed by atoms with van der Waals surface area (Å²) in [4.78, 5) is 0.